The van der Waals surface area contributed by atoms with E-state index in [-0.39, 0.29) is 0 Å². The van der Waals surface area contributed by atoms with Crippen LogP contribution in [0, 0.1) is 12.8 Å². The van der Waals surface area contributed by atoms with Gasteiger partial charge >= 0.3 is 0 Å². The second-order valence-electron chi connectivity index (χ2n) is 4.82. The van der Waals surface area contributed by atoms with Crippen LogP contribution in [0.1, 0.15) is 54.4 Å². The van der Waals surface area contributed by atoms with Gasteiger partial charge in [-0.2, -0.15) is 0 Å². The molecule has 2 rings (SSSR count). The molecule has 1 aromatic heterocycles. The third kappa shape index (κ3) is 2.69. The fourth-order valence-corrected chi connectivity index (χ4v) is 2.55. The number of hydrogen-bond acceptors (Lipinski definition) is 2. The van der Waals surface area contributed by atoms with Crippen LogP contribution in [0.2, 0.25) is 0 Å². The Morgan fingerprint density at radius 2 is 2.12 bits per heavy atom. The van der Waals surface area contributed by atoms with Crippen molar-refractivity contribution in [3.8, 4) is 0 Å². The van der Waals surface area contributed by atoms with Crippen LogP contribution in [-0.2, 0) is 0 Å². The minimum absolute atomic E-state index is 0.298. The van der Waals surface area contributed by atoms with E-state index in [9.17, 15) is 4.79 Å². The van der Waals surface area contributed by atoms with Gasteiger partial charge in [-0.1, -0.05) is 32.1 Å². The molecule has 1 aliphatic carbocycles. The molecule has 1 aromatic rings. The monoisotopic (exact) mass is 217 g/mol. The molecule has 0 saturated heterocycles. The summed E-state index contributed by atoms with van der Waals surface area (Å²) >= 11 is 0. The molecule has 0 spiro atoms. The summed E-state index contributed by atoms with van der Waals surface area (Å²) in [7, 11) is 0. The maximum Gasteiger partial charge on any atom is 0.163 e. The SMILES string of the molecule is Cc1cnccc1C(=O)CC1CCCCC1. The van der Waals surface area contributed by atoms with Gasteiger partial charge in [-0.3, -0.25) is 9.78 Å². The number of hydrogen-bond donors (Lipinski definition) is 0. The first-order valence-electron chi connectivity index (χ1n) is 6.21. The summed E-state index contributed by atoms with van der Waals surface area (Å²) in [6.45, 7) is 1.96. The third-order valence-electron chi connectivity index (χ3n) is 3.52. The number of aryl methyl sites for hydroxylation is 1. The molecule has 0 aromatic carbocycles. The minimum atomic E-state index is 0.298. The molecule has 1 heterocycles. The lowest BCUT2D eigenvalue weighted by atomic mass is 9.84. The van der Waals surface area contributed by atoms with Crippen molar-refractivity contribution < 1.29 is 4.79 Å². The van der Waals surface area contributed by atoms with E-state index in [0.29, 0.717) is 11.7 Å². The fourth-order valence-electron chi connectivity index (χ4n) is 2.55. The van der Waals surface area contributed by atoms with E-state index in [4.69, 9.17) is 0 Å². The molecular weight excluding hydrogens is 198 g/mol. The molecule has 0 N–H and O–H groups in total. The number of Topliss-reactive ketones (excluding diaryl/α,β-unsaturated/α-hetero) is 1. The van der Waals surface area contributed by atoms with E-state index >= 15 is 0 Å². The Hall–Kier alpha value is -1.18. The van der Waals surface area contributed by atoms with Gasteiger partial charge in [0.2, 0.25) is 0 Å². The molecule has 86 valence electrons. The Kier molecular flexibility index (Phi) is 3.70. The van der Waals surface area contributed by atoms with Crippen molar-refractivity contribution >= 4 is 5.78 Å². The summed E-state index contributed by atoms with van der Waals surface area (Å²) < 4.78 is 0. The van der Waals surface area contributed by atoms with Crippen molar-refractivity contribution in [1.29, 1.82) is 0 Å². The van der Waals surface area contributed by atoms with Gasteiger partial charge in [-0.25, -0.2) is 0 Å². The Morgan fingerprint density at radius 3 is 2.81 bits per heavy atom. The lowest BCUT2D eigenvalue weighted by molar-refractivity contribution is 0.0949. The number of rotatable bonds is 3. The number of carbonyl (C=O) groups is 1. The van der Waals surface area contributed by atoms with Crippen molar-refractivity contribution in [3.63, 3.8) is 0 Å². The quantitative estimate of drug-likeness (QED) is 0.725. The lowest BCUT2D eigenvalue weighted by Crippen LogP contribution is -2.13. The molecule has 0 radical (unpaired) electrons. The van der Waals surface area contributed by atoms with Crippen molar-refractivity contribution in [1.82, 2.24) is 4.98 Å². The third-order valence-corrected chi connectivity index (χ3v) is 3.52. The van der Waals surface area contributed by atoms with E-state index in [1.54, 1.807) is 12.4 Å². The second-order valence-corrected chi connectivity index (χ2v) is 4.82. The Morgan fingerprint density at radius 1 is 1.38 bits per heavy atom. The molecule has 0 amide bonds. The molecule has 1 aliphatic rings. The topological polar surface area (TPSA) is 30.0 Å². The summed E-state index contributed by atoms with van der Waals surface area (Å²) in [4.78, 5) is 16.1. The van der Waals surface area contributed by atoms with Crippen LogP contribution in [0.25, 0.3) is 0 Å². The normalized spacial score (nSPS) is 17.3. The standard InChI is InChI=1S/C14H19NO/c1-11-10-15-8-7-13(11)14(16)9-12-5-3-2-4-6-12/h7-8,10,12H,2-6,9H2,1H3. The number of ketones is 1. The van der Waals surface area contributed by atoms with Crippen LogP contribution in [0.4, 0.5) is 0 Å². The highest BCUT2D eigenvalue weighted by Crippen LogP contribution is 2.27. The molecule has 0 atom stereocenters. The Bertz CT molecular complexity index is 367. The van der Waals surface area contributed by atoms with Crippen molar-refractivity contribution in [2.45, 2.75) is 45.4 Å². The lowest BCUT2D eigenvalue weighted by Gasteiger charge is -2.20. The molecule has 2 nitrogen and oxygen atoms in total. The van der Waals surface area contributed by atoms with Gasteiger partial charge in [-0.15, -0.1) is 0 Å². The average molecular weight is 217 g/mol. The number of aromatic nitrogens is 1. The molecular formula is C14H19NO. The summed E-state index contributed by atoms with van der Waals surface area (Å²) in [5.41, 5.74) is 1.86. The average Bonchev–Trinajstić information content (AvgIpc) is 2.31. The molecule has 16 heavy (non-hydrogen) atoms. The summed E-state index contributed by atoms with van der Waals surface area (Å²) in [6, 6.07) is 1.85. The van der Waals surface area contributed by atoms with Crippen LogP contribution < -0.4 is 0 Å². The van der Waals surface area contributed by atoms with E-state index in [2.05, 4.69) is 4.98 Å². The molecule has 0 bridgehead atoms. The van der Waals surface area contributed by atoms with Gasteiger partial charge in [0, 0.05) is 24.4 Å². The van der Waals surface area contributed by atoms with E-state index in [0.717, 1.165) is 17.5 Å². The van der Waals surface area contributed by atoms with Gasteiger partial charge in [-0.05, 0) is 24.5 Å². The summed E-state index contributed by atoms with van der Waals surface area (Å²) in [5, 5.41) is 0. The van der Waals surface area contributed by atoms with E-state index in [1.165, 1.54) is 32.1 Å². The van der Waals surface area contributed by atoms with E-state index < -0.39 is 0 Å². The van der Waals surface area contributed by atoms with Gasteiger partial charge in [0.25, 0.3) is 0 Å². The Balaban J connectivity index is 2.00. The summed E-state index contributed by atoms with van der Waals surface area (Å²) in [6.07, 6.45) is 10.6. The van der Waals surface area contributed by atoms with Crippen molar-refractivity contribution in [2.24, 2.45) is 5.92 Å². The maximum absolute atomic E-state index is 12.1. The van der Waals surface area contributed by atoms with Crippen LogP contribution in [0.3, 0.4) is 0 Å². The van der Waals surface area contributed by atoms with Crippen LogP contribution in [0.5, 0.6) is 0 Å². The van der Waals surface area contributed by atoms with Crippen LogP contribution >= 0.6 is 0 Å². The predicted molar refractivity (Wildman–Crippen MR) is 64.5 cm³/mol. The van der Waals surface area contributed by atoms with Crippen LogP contribution in [-0.4, -0.2) is 10.8 Å². The Labute approximate surface area is 97.1 Å². The van der Waals surface area contributed by atoms with E-state index in [1.807, 2.05) is 13.0 Å². The highest BCUT2D eigenvalue weighted by molar-refractivity contribution is 5.97. The second kappa shape index (κ2) is 5.24. The molecule has 1 saturated carbocycles. The smallest absolute Gasteiger partial charge is 0.163 e. The number of carbonyl (C=O) groups excluding carboxylic acids is 1. The summed E-state index contributed by atoms with van der Waals surface area (Å²) in [5.74, 6) is 0.917. The minimum Gasteiger partial charge on any atom is -0.294 e. The predicted octanol–water partition coefficient (Wildman–Crippen LogP) is 3.54. The van der Waals surface area contributed by atoms with Gasteiger partial charge in [0.05, 0.1) is 0 Å². The zero-order valence-electron chi connectivity index (χ0n) is 9.91. The van der Waals surface area contributed by atoms with Gasteiger partial charge in [0.1, 0.15) is 0 Å². The highest BCUT2D eigenvalue weighted by Gasteiger charge is 2.18. The first kappa shape index (κ1) is 11.3. The maximum atomic E-state index is 12.1. The zero-order valence-corrected chi connectivity index (χ0v) is 9.91. The first-order chi connectivity index (χ1) is 7.77. The molecule has 0 unspecified atom stereocenters. The number of nitrogens with zero attached hydrogens (tertiary/aromatic N) is 1. The highest BCUT2D eigenvalue weighted by atomic mass is 16.1. The first-order valence-corrected chi connectivity index (χ1v) is 6.21. The molecule has 0 aliphatic heterocycles. The molecule has 1 fully saturated rings. The molecule has 2 heteroatoms. The largest absolute Gasteiger partial charge is 0.294 e. The van der Waals surface area contributed by atoms with Gasteiger partial charge < -0.3 is 0 Å². The van der Waals surface area contributed by atoms with Crippen molar-refractivity contribution in [3.05, 3.63) is 29.6 Å². The van der Waals surface area contributed by atoms with Crippen molar-refractivity contribution in [2.75, 3.05) is 0 Å². The fraction of sp³-hybridized carbons (Fsp3) is 0.571. The zero-order chi connectivity index (χ0) is 11.4. The number of pyridine rings is 1. The van der Waals surface area contributed by atoms with Gasteiger partial charge in [0.15, 0.2) is 5.78 Å². The van der Waals surface area contributed by atoms with Crippen LogP contribution in [0.15, 0.2) is 18.5 Å².